The molecule has 1 heterocycles. The molecule has 0 aromatic heterocycles. The van der Waals surface area contributed by atoms with E-state index in [0.29, 0.717) is 5.90 Å². The normalized spacial score (nSPS) is 15.4. The summed E-state index contributed by atoms with van der Waals surface area (Å²) < 4.78 is 4.47. The number of hydrogen-bond donors (Lipinski definition) is 0. The molecule has 0 radical (unpaired) electrons. The Balaban J connectivity index is 0.000000291. The molecular weight excluding hydrogens is 118 g/mol. The molecular formula is C6H11NO2. The molecule has 0 bridgehead atoms. The van der Waals surface area contributed by atoms with Crippen LogP contribution in [0.4, 0.5) is 0 Å². The van der Waals surface area contributed by atoms with Crippen LogP contribution in [0.3, 0.4) is 0 Å². The summed E-state index contributed by atoms with van der Waals surface area (Å²) in [6, 6.07) is 0. The van der Waals surface area contributed by atoms with Crippen molar-refractivity contribution in [1.82, 2.24) is 0 Å². The summed E-state index contributed by atoms with van der Waals surface area (Å²) in [7, 11) is 0. The van der Waals surface area contributed by atoms with Gasteiger partial charge in [0.2, 0.25) is 0 Å². The number of aliphatic imine (C=N–C) groups is 1. The number of carbonyl (C=O) groups is 1. The Morgan fingerprint density at radius 2 is 2.11 bits per heavy atom. The lowest BCUT2D eigenvalue weighted by molar-refractivity contribution is -0.132. The molecule has 1 aliphatic heterocycles. The summed E-state index contributed by atoms with van der Waals surface area (Å²) in [5.74, 6) is 0.225. The van der Waals surface area contributed by atoms with Gasteiger partial charge in [-0.05, 0) is 0 Å². The number of cyclic esters (lactones) is 1. The molecule has 0 amide bonds. The molecule has 3 heteroatoms. The van der Waals surface area contributed by atoms with Gasteiger partial charge in [-0.15, -0.1) is 0 Å². The molecule has 0 aromatic carbocycles. The molecule has 52 valence electrons. The molecule has 0 saturated heterocycles. The van der Waals surface area contributed by atoms with E-state index in [1.165, 1.54) is 0 Å². The van der Waals surface area contributed by atoms with E-state index in [1.54, 1.807) is 6.92 Å². The SMILES string of the molecule is CC.CC1=NCC(=O)O1. The van der Waals surface area contributed by atoms with E-state index < -0.39 is 0 Å². The third kappa shape index (κ3) is 2.85. The largest absolute Gasteiger partial charge is 0.411 e. The van der Waals surface area contributed by atoms with Crippen molar-refractivity contribution in [3.8, 4) is 0 Å². The predicted molar refractivity (Wildman–Crippen MR) is 35.4 cm³/mol. The summed E-state index contributed by atoms with van der Waals surface area (Å²) in [5, 5.41) is 0. The van der Waals surface area contributed by atoms with E-state index >= 15 is 0 Å². The minimum Gasteiger partial charge on any atom is -0.411 e. The van der Waals surface area contributed by atoms with Crippen molar-refractivity contribution in [3.63, 3.8) is 0 Å². The molecule has 0 saturated carbocycles. The van der Waals surface area contributed by atoms with Gasteiger partial charge in [0.1, 0.15) is 6.54 Å². The first-order valence-corrected chi connectivity index (χ1v) is 3.01. The first kappa shape index (κ1) is 8.14. The van der Waals surface area contributed by atoms with Crippen molar-refractivity contribution < 1.29 is 9.53 Å². The lowest BCUT2D eigenvalue weighted by Gasteiger charge is -1.84. The number of carbonyl (C=O) groups excluding carboxylic acids is 1. The summed E-state index contributed by atoms with van der Waals surface area (Å²) in [5.41, 5.74) is 0. The summed E-state index contributed by atoms with van der Waals surface area (Å²) in [6.45, 7) is 5.86. The van der Waals surface area contributed by atoms with Gasteiger partial charge in [-0.25, -0.2) is 9.79 Å². The molecule has 0 spiro atoms. The Hall–Kier alpha value is -0.860. The number of rotatable bonds is 0. The summed E-state index contributed by atoms with van der Waals surface area (Å²) >= 11 is 0. The second-order valence-electron chi connectivity index (χ2n) is 1.31. The van der Waals surface area contributed by atoms with Gasteiger partial charge in [-0.3, -0.25) is 0 Å². The smallest absolute Gasteiger partial charge is 0.334 e. The van der Waals surface area contributed by atoms with Crippen LogP contribution in [0.2, 0.25) is 0 Å². The highest BCUT2D eigenvalue weighted by molar-refractivity contribution is 5.93. The molecule has 0 atom stereocenters. The van der Waals surface area contributed by atoms with Crippen molar-refractivity contribution in [2.24, 2.45) is 4.99 Å². The van der Waals surface area contributed by atoms with E-state index in [1.807, 2.05) is 13.8 Å². The standard InChI is InChI=1S/C4H5NO2.C2H6/c1-3-5-2-4(6)7-3;1-2/h2H2,1H3;1-2H3. The minimum atomic E-state index is -0.252. The van der Waals surface area contributed by atoms with Crippen LogP contribution in [0.15, 0.2) is 4.99 Å². The van der Waals surface area contributed by atoms with E-state index in [-0.39, 0.29) is 12.5 Å². The number of esters is 1. The first-order valence-electron chi connectivity index (χ1n) is 3.01. The Labute approximate surface area is 54.7 Å². The first-order chi connectivity index (χ1) is 4.29. The molecule has 0 unspecified atom stereocenters. The third-order valence-corrected chi connectivity index (χ3v) is 0.692. The average molecular weight is 129 g/mol. The topological polar surface area (TPSA) is 38.7 Å². The maximum absolute atomic E-state index is 10.1. The maximum atomic E-state index is 10.1. The lowest BCUT2D eigenvalue weighted by Crippen LogP contribution is -2.00. The fourth-order valence-corrected chi connectivity index (χ4v) is 0.405. The van der Waals surface area contributed by atoms with E-state index in [4.69, 9.17) is 0 Å². The van der Waals surface area contributed by atoms with Crippen LogP contribution in [0.1, 0.15) is 20.8 Å². The number of nitrogens with zero attached hydrogens (tertiary/aromatic N) is 1. The van der Waals surface area contributed by atoms with Gasteiger partial charge in [0.15, 0.2) is 5.90 Å². The van der Waals surface area contributed by atoms with Gasteiger partial charge >= 0.3 is 5.97 Å². The van der Waals surface area contributed by atoms with E-state index in [9.17, 15) is 4.79 Å². The van der Waals surface area contributed by atoms with Gasteiger partial charge in [-0.1, -0.05) is 13.8 Å². The summed E-state index contributed by atoms with van der Waals surface area (Å²) in [4.78, 5) is 13.8. The molecule has 0 fully saturated rings. The Kier molecular flexibility index (Phi) is 3.67. The molecule has 0 N–H and O–H groups in total. The lowest BCUT2D eigenvalue weighted by atomic mass is 10.7. The second-order valence-corrected chi connectivity index (χ2v) is 1.31. The Morgan fingerprint density at radius 1 is 1.56 bits per heavy atom. The second kappa shape index (κ2) is 4.06. The molecule has 0 aliphatic carbocycles. The molecule has 1 aliphatic rings. The van der Waals surface area contributed by atoms with Crippen molar-refractivity contribution >= 4 is 11.9 Å². The molecule has 0 aromatic rings. The highest BCUT2D eigenvalue weighted by Gasteiger charge is 2.09. The van der Waals surface area contributed by atoms with Crippen molar-refractivity contribution in [1.29, 1.82) is 0 Å². The van der Waals surface area contributed by atoms with Crippen LogP contribution in [-0.4, -0.2) is 18.4 Å². The predicted octanol–water partition coefficient (Wildman–Crippen LogP) is 0.988. The van der Waals surface area contributed by atoms with Crippen LogP contribution in [0.25, 0.3) is 0 Å². The quantitative estimate of drug-likeness (QED) is 0.457. The zero-order chi connectivity index (χ0) is 7.28. The minimum absolute atomic E-state index is 0.200. The van der Waals surface area contributed by atoms with E-state index in [2.05, 4.69) is 9.73 Å². The Morgan fingerprint density at radius 3 is 2.22 bits per heavy atom. The average Bonchev–Trinajstić information content (AvgIpc) is 2.20. The maximum Gasteiger partial charge on any atom is 0.334 e. The van der Waals surface area contributed by atoms with Gasteiger partial charge in [-0.2, -0.15) is 0 Å². The van der Waals surface area contributed by atoms with Crippen LogP contribution in [0.5, 0.6) is 0 Å². The van der Waals surface area contributed by atoms with Crippen LogP contribution in [-0.2, 0) is 9.53 Å². The van der Waals surface area contributed by atoms with Crippen molar-refractivity contribution in [2.75, 3.05) is 6.54 Å². The van der Waals surface area contributed by atoms with E-state index in [0.717, 1.165) is 0 Å². The van der Waals surface area contributed by atoms with Crippen molar-refractivity contribution in [3.05, 3.63) is 0 Å². The molecule has 1 rings (SSSR count). The van der Waals surface area contributed by atoms with Crippen molar-refractivity contribution in [2.45, 2.75) is 20.8 Å². The third-order valence-electron chi connectivity index (χ3n) is 0.692. The highest BCUT2D eigenvalue weighted by Crippen LogP contribution is 1.92. The molecule has 9 heavy (non-hydrogen) atoms. The zero-order valence-electron chi connectivity index (χ0n) is 5.97. The van der Waals surface area contributed by atoms with Gasteiger partial charge in [0, 0.05) is 6.92 Å². The van der Waals surface area contributed by atoms with Crippen LogP contribution >= 0.6 is 0 Å². The van der Waals surface area contributed by atoms with Crippen LogP contribution in [0, 0.1) is 0 Å². The number of ether oxygens (including phenoxy) is 1. The van der Waals surface area contributed by atoms with Crippen LogP contribution < -0.4 is 0 Å². The Bertz CT molecular complexity index is 129. The van der Waals surface area contributed by atoms with Gasteiger partial charge in [0.25, 0.3) is 0 Å². The molecule has 3 nitrogen and oxygen atoms in total. The monoisotopic (exact) mass is 129 g/mol. The fraction of sp³-hybridized carbons (Fsp3) is 0.667. The van der Waals surface area contributed by atoms with Gasteiger partial charge < -0.3 is 4.74 Å². The summed E-state index contributed by atoms with van der Waals surface area (Å²) in [6.07, 6.45) is 0. The fourth-order valence-electron chi connectivity index (χ4n) is 0.405. The number of hydrogen-bond acceptors (Lipinski definition) is 3. The van der Waals surface area contributed by atoms with Gasteiger partial charge in [0.05, 0.1) is 0 Å². The highest BCUT2D eigenvalue weighted by atomic mass is 16.5. The zero-order valence-corrected chi connectivity index (χ0v) is 5.97.